The van der Waals surface area contributed by atoms with E-state index >= 15 is 0 Å². The van der Waals surface area contributed by atoms with Crippen LogP contribution in [0.2, 0.25) is 0 Å². The minimum atomic E-state index is -4.70. The monoisotopic (exact) mass is 481 g/mol. The molecule has 1 aromatic carbocycles. The number of benzene rings is 1. The Morgan fingerprint density at radius 3 is 2.71 bits per heavy atom. The van der Waals surface area contributed by atoms with E-state index in [1.54, 1.807) is 47.6 Å². The predicted octanol–water partition coefficient (Wildman–Crippen LogP) is 5.19. The number of hydrogen-bond donors (Lipinski definition) is 0. The lowest BCUT2D eigenvalue weighted by Gasteiger charge is -2.35. The molecular formula is C25H22F3N5O2. The van der Waals surface area contributed by atoms with Crippen LogP contribution in [-0.4, -0.2) is 44.0 Å². The molecule has 0 spiro atoms. The highest BCUT2D eigenvalue weighted by atomic mass is 19.4. The molecule has 1 saturated heterocycles. The Hall–Kier alpha value is -3.95. The summed E-state index contributed by atoms with van der Waals surface area (Å²) in [5.41, 5.74) is 0.297. The normalized spacial score (nSPS) is 16.5. The van der Waals surface area contributed by atoms with Crippen molar-refractivity contribution in [1.29, 1.82) is 0 Å². The van der Waals surface area contributed by atoms with Crippen molar-refractivity contribution >= 4 is 11.6 Å². The standard InChI is InChI=1S/C25H22F3N5O2/c1-35-18-8-4-6-16(12-18)19-13-22(25(26,27)28)33-23(30-19)14-20(31-33)24(34)32-11-3-2-9-21(32)17-7-5-10-29-15-17/h4-8,10,12-15,21H,2-3,9,11H2,1H3/t21-/m0/s1. The number of amides is 1. The Morgan fingerprint density at radius 1 is 1.11 bits per heavy atom. The third-order valence-electron chi connectivity index (χ3n) is 6.14. The van der Waals surface area contributed by atoms with E-state index in [2.05, 4.69) is 15.1 Å². The van der Waals surface area contributed by atoms with Gasteiger partial charge in [-0.2, -0.15) is 18.3 Å². The van der Waals surface area contributed by atoms with E-state index in [9.17, 15) is 18.0 Å². The summed E-state index contributed by atoms with van der Waals surface area (Å²) >= 11 is 0. The molecule has 4 aromatic rings. The van der Waals surface area contributed by atoms with E-state index in [1.165, 1.54) is 13.2 Å². The number of halogens is 3. The molecule has 0 saturated carbocycles. The quantitative estimate of drug-likeness (QED) is 0.401. The molecule has 7 nitrogen and oxygen atoms in total. The first kappa shape index (κ1) is 22.8. The molecular weight excluding hydrogens is 459 g/mol. The van der Waals surface area contributed by atoms with Gasteiger partial charge in [-0.15, -0.1) is 0 Å². The van der Waals surface area contributed by atoms with Crippen LogP contribution < -0.4 is 4.74 Å². The zero-order valence-electron chi connectivity index (χ0n) is 18.9. The van der Waals surface area contributed by atoms with Crippen molar-refractivity contribution in [3.8, 4) is 17.0 Å². The number of fused-ring (bicyclic) bond motifs is 1. The summed E-state index contributed by atoms with van der Waals surface area (Å²) in [7, 11) is 1.48. The molecule has 0 unspecified atom stereocenters. The molecule has 1 aliphatic heterocycles. The van der Waals surface area contributed by atoms with Crippen LogP contribution >= 0.6 is 0 Å². The maximum atomic E-state index is 14.0. The van der Waals surface area contributed by atoms with Crippen LogP contribution in [-0.2, 0) is 6.18 Å². The second-order valence-electron chi connectivity index (χ2n) is 8.35. The molecule has 1 atom stereocenters. The Balaban J connectivity index is 1.58. The van der Waals surface area contributed by atoms with Gasteiger partial charge in [0.2, 0.25) is 0 Å². The van der Waals surface area contributed by atoms with Crippen molar-refractivity contribution in [3.63, 3.8) is 0 Å². The zero-order valence-corrected chi connectivity index (χ0v) is 18.9. The number of nitrogens with zero attached hydrogens (tertiary/aromatic N) is 5. The van der Waals surface area contributed by atoms with Gasteiger partial charge in [-0.3, -0.25) is 9.78 Å². The summed E-state index contributed by atoms with van der Waals surface area (Å²) in [6, 6.07) is 12.4. The van der Waals surface area contributed by atoms with Crippen LogP contribution in [0.3, 0.4) is 0 Å². The minimum Gasteiger partial charge on any atom is -0.497 e. The number of rotatable bonds is 4. The van der Waals surface area contributed by atoms with Crippen LogP contribution in [0.5, 0.6) is 5.75 Å². The molecule has 1 aliphatic rings. The van der Waals surface area contributed by atoms with Gasteiger partial charge in [-0.05, 0) is 49.1 Å². The Morgan fingerprint density at radius 2 is 1.97 bits per heavy atom. The molecule has 35 heavy (non-hydrogen) atoms. The van der Waals surface area contributed by atoms with Crippen molar-refractivity contribution in [2.45, 2.75) is 31.5 Å². The van der Waals surface area contributed by atoms with Crippen molar-refractivity contribution in [3.05, 3.63) is 77.9 Å². The average molecular weight is 481 g/mol. The summed E-state index contributed by atoms with van der Waals surface area (Å²) in [5, 5.41) is 4.05. The van der Waals surface area contributed by atoms with Crippen LogP contribution in [0.4, 0.5) is 13.2 Å². The Kier molecular flexibility index (Phi) is 5.88. The number of piperidine rings is 1. The third kappa shape index (κ3) is 4.43. The number of methoxy groups -OCH3 is 1. The molecule has 0 aliphatic carbocycles. The maximum absolute atomic E-state index is 14.0. The van der Waals surface area contributed by atoms with Crippen molar-refractivity contribution in [1.82, 2.24) is 24.5 Å². The molecule has 10 heteroatoms. The van der Waals surface area contributed by atoms with Gasteiger partial charge in [0.25, 0.3) is 5.91 Å². The molecule has 4 heterocycles. The number of pyridine rings is 1. The summed E-state index contributed by atoms with van der Waals surface area (Å²) in [5.74, 6) is 0.0637. The Labute approximate surface area is 199 Å². The summed E-state index contributed by atoms with van der Waals surface area (Å²) in [6.07, 6.45) is 1.16. The topological polar surface area (TPSA) is 72.6 Å². The maximum Gasteiger partial charge on any atom is 0.433 e. The van der Waals surface area contributed by atoms with E-state index < -0.39 is 17.8 Å². The summed E-state index contributed by atoms with van der Waals surface area (Å²) in [4.78, 5) is 23.7. The number of aromatic nitrogens is 4. The fraction of sp³-hybridized carbons (Fsp3) is 0.280. The van der Waals surface area contributed by atoms with Gasteiger partial charge in [0.15, 0.2) is 17.0 Å². The third-order valence-corrected chi connectivity index (χ3v) is 6.14. The van der Waals surface area contributed by atoms with E-state index in [-0.39, 0.29) is 23.1 Å². The summed E-state index contributed by atoms with van der Waals surface area (Å²) in [6.45, 7) is 0.487. The van der Waals surface area contributed by atoms with Crippen LogP contribution in [0.1, 0.15) is 47.1 Å². The fourth-order valence-corrected chi connectivity index (χ4v) is 4.45. The molecule has 0 bridgehead atoms. The van der Waals surface area contributed by atoms with E-state index in [0.717, 1.165) is 30.9 Å². The Bertz CT molecular complexity index is 1370. The number of likely N-dealkylation sites (tertiary alicyclic amines) is 1. The molecule has 3 aromatic heterocycles. The SMILES string of the molecule is COc1cccc(-c2cc(C(F)(F)F)n3nc(C(=O)N4CCCC[C@H]4c4cccnc4)cc3n2)c1. The minimum absolute atomic E-state index is 0.0593. The van der Waals surface area contributed by atoms with Gasteiger partial charge < -0.3 is 9.64 Å². The van der Waals surface area contributed by atoms with E-state index in [1.807, 2.05) is 6.07 Å². The van der Waals surface area contributed by atoms with Crippen molar-refractivity contribution in [2.75, 3.05) is 13.7 Å². The van der Waals surface area contributed by atoms with E-state index in [0.29, 0.717) is 22.4 Å². The molecule has 0 N–H and O–H groups in total. The molecule has 0 radical (unpaired) electrons. The number of hydrogen-bond acceptors (Lipinski definition) is 5. The lowest BCUT2D eigenvalue weighted by Crippen LogP contribution is -2.38. The van der Waals surface area contributed by atoms with Gasteiger partial charge in [0, 0.05) is 30.6 Å². The second kappa shape index (κ2) is 9.01. The number of alkyl halides is 3. The first-order chi connectivity index (χ1) is 16.8. The molecule has 180 valence electrons. The number of ether oxygens (including phenoxy) is 1. The first-order valence-corrected chi connectivity index (χ1v) is 11.2. The highest BCUT2D eigenvalue weighted by Gasteiger charge is 2.36. The lowest BCUT2D eigenvalue weighted by molar-refractivity contribution is -0.142. The molecule has 5 rings (SSSR count). The number of carbonyl (C=O) groups is 1. The average Bonchev–Trinajstić information content (AvgIpc) is 3.32. The van der Waals surface area contributed by atoms with Crippen molar-refractivity contribution in [2.24, 2.45) is 0 Å². The lowest BCUT2D eigenvalue weighted by atomic mass is 9.96. The highest BCUT2D eigenvalue weighted by molar-refractivity contribution is 5.93. The van der Waals surface area contributed by atoms with E-state index in [4.69, 9.17) is 4.74 Å². The largest absolute Gasteiger partial charge is 0.497 e. The van der Waals surface area contributed by atoms with Crippen molar-refractivity contribution < 1.29 is 22.7 Å². The van der Waals surface area contributed by atoms with Gasteiger partial charge in [-0.1, -0.05) is 18.2 Å². The van der Waals surface area contributed by atoms with Gasteiger partial charge in [-0.25, -0.2) is 9.50 Å². The highest BCUT2D eigenvalue weighted by Crippen LogP contribution is 2.34. The molecule has 1 fully saturated rings. The summed E-state index contributed by atoms with van der Waals surface area (Å²) < 4.78 is 47.9. The predicted molar refractivity (Wildman–Crippen MR) is 122 cm³/mol. The van der Waals surface area contributed by atoms with Gasteiger partial charge in [0.1, 0.15) is 5.75 Å². The second-order valence-corrected chi connectivity index (χ2v) is 8.35. The van der Waals surface area contributed by atoms with Gasteiger partial charge >= 0.3 is 6.18 Å². The van der Waals surface area contributed by atoms with Crippen LogP contribution in [0.25, 0.3) is 16.9 Å². The first-order valence-electron chi connectivity index (χ1n) is 11.2. The van der Waals surface area contributed by atoms with Crippen LogP contribution in [0.15, 0.2) is 60.9 Å². The number of carbonyl (C=O) groups excluding carboxylic acids is 1. The van der Waals surface area contributed by atoms with Gasteiger partial charge in [0.05, 0.1) is 18.8 Å². The zero-order chi connectivity index (χ0) is 24.6. The fourth-order valence-electron chi connectivity index (χ4n) is 4.45. The smallest absolute Gasteiger partial charge is 0.433 e. The van der Waals surface area contributed by atoms with Crippen LogP contribution in [0, 0.1) is 0 Å². The molecule has 1 amide bonds.